The number of hydrogen-bond donors (Lipinski definition) is 1. The van der Waals surface area contributed by atoms with Crippen molar-refractivity contribution in [3.8, 4) is 11.5 Å². The van der Waals surface area contributed by atoms with Crippen LogP contribution in [0.1, 0.15) is 24.9 Å². The average molecular weight is 305 g/mol. The van der Waals surface area contributed by atoms with E-state index in [1.807, 2.05) is 31.2 Å². The third-order valence-electron chi connectivity index (χ3n) is 3.24. The lowest BCUT2D eigenvalue weighted by molar-refractivity contribution is 0.468. The van der Waals surface area contributed by atoms with Gasteiger partial charge in [0.2, 0.25) is 0 Å². The summed E-state index contributed by atoms with van der Waals surface area (Å²) < 4.78 is 28.7. The minimum atomic E-state index is -3.19. The van der Waals surface area contributed by atoms with Gasteiger partial charge in [0.25, 0.3) is 0 Å². The molecule has 0 aromatic heterocycles. The van der Waals surface area contributed by atoms with Crippen molar-refractivity contribution in [1.29, 1.82) is 0 Å². The lowest BCUT2D eigenvalue weighted by atomic mass is 10.0. The summed E-state index contributed by atoms with van der Waals surface area (Å²) in [5.74, 6) is 1.28. The number of benzene rings is 2. The Bertz CT molecular complexity index is 709. The minimum absolute atomic E-state index is 0.0866. The molecular formula is C16H19NO3S. The highest BCUT2D eigenvalue weighted by Gasteiger charge is 2.11. The molecule has 2 aromatic carbocycles. The van der Waals surface area contributed by atoms with E-state index < -0.39 is 9.84 Å². The van der Waals surface area contributed by atoms with E-state index in [0.29, 0.717) is 11.5 Å². The monoisotopic (exact) mass is 305 g/mol. The zero-order chi connectivity index (χ0) is 15.5. The quantitative estimate of drug-likeness (QED) is 0.920. The first-order valence-electron chi connectivity index (χ1n) is 6.74. The molecule has 2 rings (SSSR count). The standard InChI is InChI=1S/C16H19NO3S/c1-3-15(17)14-6-4-5-7-16(14)20-12-8-10-13(11-9-12)21(2,18)19/h4-11,15H,3,17H2,1-2H3. The largest absolute Gasteiger partial charge is 0.457 e. The Morgan fingerprint density at radius 2 is 1.71 bits per heavy atom. The second-order valence-corrected chi connectivity index (χ2v) is 6.91. The smallest absolute Gasteiger partial charge is 0.175 e. The Kier molecular flexibility index (Phi) is 4.65. The van der Waals surface area contributed by atoms with Gasteiger partial charge in [-0.1, -0.05) is 25.1 Å². The first-order valence-corrected chi connectivity index (χ1v) is 8.63. The van der Waals surface area contributed by atoms with E-state index in [2.05, 4.69) is 0 Å². The van der Waals surface area contributed by atoms with Gasteiger partial charge in [0.05, 0.1) is 4.90 Å². The van der Waals surface area contributed by atoms with Crippen molar-refractivity contribution in [2.24, 2.45) is 5.73 Å². The predicted octanol–water partition coefficient (Wildman–Crippen LogP) is 3.29. The van der Waals surface area contributed by atoms with Crippen LogP contribution in [0.2, 0.25) is 0 Å². The molecule has 4 nitrogen and oxygen atoms in total. The molecule has 0 heterocycles. The van der Waals surface area contributed by atoms with Crippen LogP contribution in [-0.2, 0) is 9.84 Å². The Labute approximate surface area is 125 Å². The van der Waals surface area contributed by atoms with Gasteiger partial charge >= 0.3 is 0 Å². The molecule has 1 unspecified atom stereocenters. The van der Waals surface area contributed by atoms with Crippen molar-refractivity contribution >= 4 is 9.84 Å². The van der Waals surface area contributed by atoms with Gasteiger partial charge in [-0.2, -0.15) is 0 Å². The predicted molar refractivity (Wildman–Crippen MR) is 83.3 cm³/mol. The van der Waals surface area contributed by atoms with Gasteiger partial charge in [-0.15, -0.1) is 0 Å². The lowest BCUT2D eigenvalue weighted by Crippen LogP contribution is -2.09. The third-order valence-corrected chi connectivity index (χ3v) is 4.37. The van der Waals surface area contributed by atoms with Gasteiger partial charge in [-0.3, -0.25) is 0 Å². The molecule has 0 bridgehead atoms. The highest BCUT2D eigenvalue weighted by molar-refractivity contribution is 7.90. The number of sulfone groups is 1. The van der Waals surface area contributed by atoms with Crippen molar-refractivity contribution in [3.63, 3.8) is 0 Å². The van der Waals surface area contributed by atoms with Crippen molar-refractivity contribution in [2.45, 2.75) is 24.3 Å². The summed E-state index contributed by atoms with van der Waals surface area (Å²) in [5, 5.41) is 0. The molecule has 0 aliphatic rings. The zero-order valence-corrected chi connectivity index (χ0v) is 12.9. The number of nitrogens with two attached hydrogens (primary N) is 1. The van der Waals surface area contributed by atoms with Crippen LogP contribution in [0.5, 0.6) is 11.5 Å². The van der Waals surface area contributed by atoms with Crippen molar-refractivity contribution in [2.75, 3.05) is 6.26 Å². The van der Waals surface area contributed by atoms with Gasteiger partial charge in [0, 0.05) is 17.9 Å². The molecule has 0 aliphatic carbocycles. The van der Waals surface area contributed by atoms with Crippen LogP contribution in [0.4, 0.5) is 0 Å². The summed E-state index contributed by atoms with van der Waals surface area (Å²) in [5.41, 5.74) is 7.01. The average Bonchev–Trinajstić information content (AvgIpc) is 2.46. The van der Waals surface area contributed by atoms with Crippen LogP contribution in [-0.4, -0.2) is 14.7 Å². The van der Waals surface area contributed by atoms with E-state index in [-0.39, 0.29) is 10.9 Å². The first-order chi connectivity index (χ1) is 9.91. The third kappa shape index (κ3) is 3.83. The second-order valence-electron chi connectivity index (χ2n) is 4.90. The van der Waals surface area contributed by atoms with Crippen LogP contribution in [0, 0.1) is 0 Å². The van der Waals surface area contributed by atoms with Gasteiger partial charge in [0.15, 0.2) is 9.84 Å². The Morgan fingerprint density at radius 3 is 2.29 bits per heavy atom. The molecule has 112 valence electrons. The van der Waals surface area contributed by atoms with E-state index in [4.69, 9.17) is 10.5 Å². The molecule has 0 saturated carbocycles. The normalized spacial score (nSPS) is 12.9. The van der Waals surface area contributed by atoms with Crippen molar-refractivity contribution in [3.05, 3.63) is 54.1 Å². The number of hydrogen-bond acceptors (Lipinski definition) is 4. The lowest BCUT2D eigenvalue weighted by Gasteiger charge is -2.15. The Hall–Kier alpha value is -1.85. The zero-order valence-electron chi connectivity index (χ0n) is 12.1. The maximum atomic E-state index is 11.4. The highest BCUT2D eigenvalue weighted by atomic mass is 32.2. The van der Waals surface area contributed by atoms with Crippen LogP contribution in [0.3, 0.4) is 0 Å². The van der Waals surface area contributed by atoms with Crippen LogP contribution in [0.25, 0.3) is 0 Å². The molecule has 2 aromatic rings. The maximum Gasteiger partial charge on any atom is 0.175 e. The molecule has 21 heavy (non-hydrogen) atoms. The van der Waals surface area contributed by atoms with Crippen LogP contribution >= 0.6 is 0 Å². The fourth-order valence-electron chi connectivity index (χ4n) is 1.98. The Balaban J connectivity index is 2.27. The summed E-state index contributed by atoms with van der Waals surface area (Å²) in [6, 6.07) is 13.9. The topological polar surface area (TPSA) is 69.4 Å². The van der Waals surface area contributed by atoms with Crippen LogP contribution < -0.4 is 10.5 Å². The molecule has 2 N–H and O–H groups in total. The van der Waals surface area contributed by atoms with Crippen molar-refractivity contribution < 1.29 is 13.2 Å². The van der Waals surface area contributed by atoms with Gasteiger partial charge in [0.1, 0.15) is 11.5 Å². The summed E-state index contributed by atoms with van der Waals surface area (Å²) in [6.45, 7) is 2.02. The van der Waals surface area contributed by atoms with Crippen molar-refractivity contribution in [1.82, 2.24) is 0 Å². The van der Waals surface area contributed by atoms with E-state index in [1.54, 1.807) is 12.1 Å². The molecular weight excluding hydrogens is 286 g/mol. The molecule has 0 saturated heterocycles. The first kappa shape index (κ1) is 15.5. The summed E-state index contributed by atoms with van der Waals surface area (Å²) >= 11 is 0. The van der Waals surface area contributed by atoms with Gasteiger partial charge < -0.3 is 10.5 Å². The molecule has 0 spiro atoms. The van der Waals surface area contributed by atoms with Crippen LogP contribution in [0.15, 0.2) is 53.4 Å². The SMILES string of the molecule is CCC(N)c1ccccc1Oc1ccc(S(C)(=O)=O)cc1. The van der Waals surface area contributed by atoms with E-state index in [0.717, 1.165) is 12.0 Å². The number of rotatable bonds is 5. The second kappa shape index (κ2) is 6.28. The summed E-state index contributed by atoms with van der Waals surface area (Å²) in [6.07, 6.45) is 1.99. The number of ether oxygens (including phenoxy) is 1. The highest BCUT2D eigenvalue weighted by Crippen LogP contribution is 2.30. The summed E-state index contributed by atoms with van der Waals surface area (Å²) in [7, 11) is -3.19. The van der Waals surface area contributed by atoms with E-state index in [1.165, 1.54) is 18.4 Å². The molecule has 1 atom stereocenters. The molecule has 0 aliphatic heterocycles. The maximum absolute atomic E-state index is 11.4. The van der Waals surface area contributed by atoms with E-state index in [9.17, 15) is 8.42 Å². The van der Waals surface area contributed by atoms with Gasteiger partial charge in [-0.05, 0) is 36.8 Å². The fraction of sp³-hybridized carbons (Fsp3) is 0.250. The molecule has 0 amide bonds. The van der Waals surface area contributed by atoms with E-state index >= 15 is 0 Å². The summed E-state index contributed by atoms with van der Waals surface area (Å²) in [4.78, 5) is 0.272. The fourth-order valence-corrected chi connectivity index (χ4v) is 2.61. The molecule has 0 radical (unpaired) electrons. The molecule has 0 fully saturated rings. The Morgan fingerprint density at radius 1 is 1.10 bits per heavy atom. The number of para-hydroxylation sites is 1. The minimum Gasteiger partial charge on any atom is -0.457 e. The molecule has 5 heteroatoms. The van der Waals surface area contributed by atoms with Gasteiger partial charge in [-0.25, -0.2) is 8.42 Å².